The van der Waals surface area contributed by atoms with Gasteiger partial charge in [-0.15, -0.1) is 0 Å². The minimum Gasteiger partial charge on any atom is -0.292 e. The highest BCUT2D eigenvalue weighted by molar-refractivity contribution is 7.20. The molecule has 1 aromatic carbocycles. The number of nitrogens with one attached hydrogen (secondary N) is 1. The van der Waals surface area contributed by atoms with E-state index in [1.807, 2.05) is 12.1 Å². The second kappa shape index (κ2) is 4.46. The highest BCUT2D eigenvalue weighted by Crippen LogP contribution is 2.27. The zero-order valence-corrected chi connectivity index (χ0v) is 13.0. The quantitative estimate of drug-likeness (QED) is 0.745. The SMILES string of the molecule is CC(C)(C)c1cc(=O)n(-c2nc3ccc(Cl)cc3s2)[nH]1. The maximum atomic E-state index is 12.1. The first-order valence-corrected chi connectivity index (χ1v) is 7.43. The molecule has 104 valence electrons. The average molecular weight is 308 g/mol. The second-order valence-corrected chi connectivity index (χ2v) is 7.15. The molecular formula is C14H14ClN3OS. The Balaban J connectivity index is 2.16. The van der Waals surface area contributed by atoms with Gasteiger partial charge in [-0.1, -0.05) is 43.7 Å². The zero-order chi connectivity index (χ0) is 14.5. The molecule has 0 radical (unpaired) electrons. The number of benzene rings is 1. The van der Waals surface area contributed by atoms with Crippen molar-refractivity contribution in [2.45, 2.75) is 26.2 Å². The number of nitrogens with zero attached hydrogens (tertiary/aromatic N) is 2. The van der Waals surface area contributed by atoms with Gasteiger partial charge in [-0.05, 0) is 18.2 Å². The van der Waals surface area contributed by atoms with Gasteiger partial charge in [0.2, 0.25) is 5.13 Å². The van der Waals surface area contributed by atoms with E-state index in [1.165, 1.54) is 16.0 Å². The lowest BCUT2D eigenvalue weighted by Crippen LogP contribution is -2.14. The zero-order valence-electron chi connectivity index (χ0n) is 11.4. The molecule has 0 spiro atoms. The summed E-state index contributed by atoms with van der Waals surface area (Å²) in [4.78, 5) is 16.6. The molecule has 1 N–H and O–H groups in total. The fraction of sp³-hybridized carbons (Fsp3) is 0.286. The third kappa shape index (κ3) is 2.27. The lowest BCUT2D eigenvalue weighted by atomic mass is 9.93. The molecule has 0 bridgehead atoms. The number of rotatable bonds is 1. The van der Waals surface area contributed by atoms with Gasteiger partial charge in [-0.3, -0.25) is 9.89 Å². The average Bonchev–Trinajstić information content (AvgIpc) is 2.90. The van der Waals surface area contributed by atoms with Crippen LogP contribution in [0.5, 0.6) is 0 Å². The lowest BCUT2D eigenvalue weighted by Gasteiger charge is -2.15. The van der Waals surface area contributed by atoms with Crippen molar-refractivity contribution in [1.29, 1.82) is 0 Å². The number of hydrogen-bond donors (Lipinski definition) is 1. The minimum absolute atomic E-state index is 0.0971. The number of hydrogen-bond acceptors (Lipinski definition) is 3. The van der Waals surface area contributed by atoms with E-state index in [9.17, 15) is 4.79 Å². The van der Waals surface area contributed by atoms with Crippen LogP contribution in [0.25, 0.3) is 15.3 Å². The summed E-state index contributed by atoms with van der Waals surface area (Å²) in [5, 5.41) is 4.43. The van der Waals surface area contributed by atoms with Crippen LogP contribution in [0.3, 0.4) is 0 Å². The standard InChI is InChI=1S/C14H14ClN3OS/c1-14(2,3)11-7-12(19)18(17-11)13-16-9-5-4-8(15)6-10(9)20-13/h4-7,17H,1-3H3. The molecule has 20 heavy (non-hydrogen) atoms. The molecule has 0 aliphatic rings. The van der Waals surface area contributed by atoms with Crippen LogP contribution >= 0.6 is 22.9 Å². The van der Waals surface area contributed by atoms with Crippen LogP contribution in [0.4, 0.5) is 0 Å². The molecule has 2 heterocycles. The number of aromatic amines is 1. The molecule has 0 saturated heterocycles. The van der Waals surface area contributed by atoms with E-state index in [2.05, 4.69) is 30.9 Å². The van der Waals surface area contributed by atoms with Crippen molar-refractivity contribution in [2.24, 2.45) is 0 Å². The molecule has 3 rings (SSSR count). The van der Waals surface area contributed by atoms with Gasteiger partial charge < -0.3 is 0 Å². The van der Waals surface area contributed by atoms with Crippen LogP contribution < -0.4 is 5.56 Å². The number of H-pyrrole nitrogens is 1. The molecule has 0 aliphatic carbocycles. The Morgan fingerprint density at radius 1 is 1.30 bits per heavy atom. The van der Waals surface area contributed by atoms with Crippen LogP contribution in [0.1, 0.15) is 26.5 Å². The van der Waals surface area contributed by atoms with E-state index < -0.39 is 0 Å². The Labute approximate surface area is 125 Å². The van der Waals surface area contributed by atoms with Crippen molar-refractivity contribution in [2.75, 3.05) is 0 Å². The van der Waals surface area contributed by atoms with Crippen molar-refractivity contribution < 1.29 is 0 Å². The molecule has 0 atom stereocenters. The Morgan fingerprint density at radius 2 is 2.05 bits per heavy atom. The van der Waals surface area contributed by atoms with Gasteiger partial charge in [0.05, 0.1) is 10.2 Å². The van der Waals surface area contributed by atoms with Gasteiger partial charge in [-0.25, -0.2) is 4.98 Å². The number of thiazole rings is 1. The van der Waals surface area contributed by atoms with Gasteiger partial charge >= 0.3 is 0 Å². The first-order valence-electron chi connectivity index (χ1n) is 6.23. The van der Waals surface area contributed by atoms with Crippen molar-refractivity contribution >= 4 is 33.2 Å². The Morgan fingerprint density at radius 3 is 2.70 bits per heavy atom. The molecule has 0 fully saturated rings. The number of fused-ring (bicyclic) bond motifs is 1. The summed E-state index contributed by atoms with van der Waals surface area (Å²) in [6.45, 7) is 6.17. The fourth-order valence-corrected chi connectivity index (χ4v) is 3.11. The highest BCUT2D eigenvalue weighted by atomic mass is 35.5. The number of halogens is 1. The summed E-state index contributed by atoms with van der Waals surface area (Å²) in [6, 6.07) is 7.14. The van der Waals surface area contributed by atoms with Gasteiger partial charge in [0.15, 0.2) is 0 Å². The maximum absolute atomic E-state index is 12.1. The summed E-state index contributed by atoms with van der Waals surface area (Å²) in [5.74, 6) is 0. The molecular weight excluding hydrogens is 294 g/mol. The van der Waals surface area contributed by atoms with Crippen molar-refractivity contribution in [3.8, 4) is 5.13 Å². The first kappa shape index (κ1) is 13.4. The highest BCUT2D eigenvalue weighted by Gasteiger charge is 2.19. The summed E-state index contributed by atoms with van der Waals surface area (Å²) < 4.78 is 2.45. The molecule has 3 aromatic rings. The van der Waals surface area contributed by atoms with Crippen molar-refractivity contribution in [3.05, 3.63) is 45.3 Å². The monoisotopic (exact) mass is 307 g/mol. The van der Waals surface area contributed by atoms with Gasteiger partial charge in [0, 0.05) is 22.2 Å². The molecule has 0 amide bonds. The summed E-state index contributed by atoms with van der Waals surface area (Å²) >= 11 is 7.41. The Bertz CT molecular complexity index is 838. The minimum atomic E-state index is -0.107. The topological polar surface area (TPSA) is 50.7 Å². The predicted octanol–water partition coefficient (Wildman–Crippen LogP) is 3.73. The Kier molecular flexibility index (Phi) is 2.99. The van der Waals surface area contributed by atoms with Crippen LogP contribution in [0, 0.1) is 0 Å². The van der Waals surface area contributed by atoms with E-state index in [0.717, 1.165) is 15.9 Å². The second-order valence-electron chi connectivity index (χ2n) is 5.70. The molecule has 0 saturated carbocycles. The lowest BCUT2D eigenvalue weighted by molar-refractivity contribution is 0.560. The summed E-state index contributed by atoms with van der Waals surface area (Å²) in [5.41, 5.74) is 1.53. The summed E-state index contributed by atoms with van der Waals surface area (Å²) in [6.07, 6.45) is 0. The van der Waals surface area contributed by atoms with Gasteiger partial charge in [0.25, 0.3) is 5.56 Å². The predicted molar refractivity (Wildman–Crippen MR) is 83.3 cm³/mol. The van der Waals surface area contributed by atoms with E-state index in [0.29, 0.717) is 10.2 Å². The largest absolute Gasteiger partial charge is 0.292 e. The van der Waals surface area contributed by atoms with Gasteiger partial charge in [0.1, 0.15) is 0 Å². The van der Waals surface area contributed by atoms with Crippen LogP contribution in [-0.2, 0) is 5.41 Å². The van der Waals surface area contributed by atoms with Gasteiger partial charge in [-0.2, -0.15) is 4.68 Å². The third-order valence-corrected chi connectivity index (χ3v) is 4.30. The van der Waals surface area contributed by atoms with E-state index >= 15 is 0 Å². The van der Waals surface area contributed by atoms with E-state index in [-0.39, 0.29) is 11.0 Å². The molecule has 6 heteroatoms. The van der Waals surface area contributed by atoms with E-state index in [4.69, 9.17) is 11.6 Å². The van der Waals surface area contributed by atoms with Crippen LogP contribution in [0.15, 0.2) is 29.1 Å². The van der Waals surface area contributed by atoms with Crippen molar-refractivity contribution in [3.63, 3.8) is 0 Å². The third-order valence-electron chi connectivity index (χ3n) is 3.06. The molecule has 4 nitrogen and oxygen atoms in total. The van der Waals surface area contributed by atoms with Crippen LogP contribution in [0.2, 0.25) is 5.02 Å². The Hall–Kier alpha value is -1.59. The molecule has 2 aromatic heterocycles. The van der Waals surface area contributed by atoms with Crippen LogP contribution in [-0.4, -0.2) is 14.8 Å². The van der Waals surface area contributed by atoms with E-state index in [1.54, 1.807) is 12.1 Å². The molecule has 0 aliphatic heterocycles. The fourth-order valence-electron chi connectivity index (χ4n) is 1.90. The van der Waals surface area contributed by atoms with Crippen molar-refractivity contribution in [1.82, 2.24) is 14.8 Å². The summed E-state index contributed by atoms with van der Waals surface area (Å²) in [7, 11) is 0. The normalized spacial score (nSPS) is 12.2. The number of aromatic nitrogens is 3. The first-order chi connectivity index (χ1) is 9.34. The smallest absolute Gasteiger partial charge is 0.273 e. The maximum Gasteiger partial charge on any atom is 0.273 e. The molecule has 0 unspecified atom stereocenters.